The van der Waals surface area contributed by atoms with E-state index in [1.807, 2.05) is 18.2 Å². The van der Waals surface area contributed by atoms with Crippen molar-refractivity contribution in [2.24, 2.45) is 0 Å². The van der Waals surface area contributed by atoms with Gasteiger partial charge in [-0.1, -0.05) is 6.07 Å². The molecule has 0 aromatic heterocycles. The van der Waals surface area contributed by atoms with E-state index in [1.165, 1.54) is 24.4 Å². The number of rotatable bonds is 5. The Balaban J connectivity index is 1.70. The first kappa shape index (κ1) is 21.5. The molecule has 2 aromatic rings. The molecule has 0 spiro atoms. The van der Waals surface area contributed by atoms with Crippen LogP contribution in [-0.2, 0) is 14.8 Å². The van der Waals surface area contributed by atoms with E-state index in [4.69, 9.17) is 14.2 Å². The van der Waals surface area contributed by atoms with Gasteiger partial charge in [0.25, 0.3) is 0 Å². The maximum absolute atomic E-state index is 13.7. The molecule has 2 aliphatic rings. The molecule has 1 amide bonds. The molecule has 31 heavy (non-hydrogen) atoms. The molecule has 1 fully saturated rings. The highest BCUT2D eigenvalue weighted by Crippen LogP contribution is 2.42. The number of ether oxygens (including phenoxy) is 3. The first-order valence-electron chi connectivity index (χ1n) is 10.3. The van der Waals surface area contributed by atoms with Gasteiger partial charge in [0.2, 0.25) is 15.9 Å². The van der Waals surface area contributed by atoms with Gasteiger partial charge in [-0.25, -0.2) is 8.42 Å². The van der Waals surface area contributed by atoms with Crippen molar-refractivity contribution in [3.05, 3.63) is 42.0 Å². The molecular weight excluding hydrogens is 420 g/mol. The monoisotopic (exact) mass is 446 g/mol. The minimum absolute atomic E-state index is 0.0301. The van der Waals surface area contributed by atoms with Crippen molar-refractivity contribution in [1.29, 1.82) is 0 Å². The predicted molar refractivity (Wildman–Crippen MR) is 115 cm³/mol. The van der Waals surface area contributed by atoms with Crippen molar-refractivity contribution in [2.75, 3.05) is 32.2 Å². The molecule has 2 heterocycles. The normalized spacial score (nSPS) is 19.0. The Hall–Kier alpha value is -2.78. The van der Waals surface area contributed by atoms with Crippen LogP contribution in [0.3, 0.4) is 0 Å². The van der Waals surface area contributed by atoms with Crippen LogP contribution in [0.4, 0.5) is 5.69 Å². The van der Waals surface area contributed by atoms with E-state index in [9.17, 15) is 13.2 Å². The summed E-state index contributed by atoms with van der Waals surface area (Å²) in [5, 5.41) is 2.63. The minimum atomic E-state index is -3.88. The molecule has 0 radical (unpaired) electrons. The Kier molecular flexibility index (Phi) is 6.06. The molecule has 1 N–H and O–H groups in total. The summed E-state index contributed by atoms with van der Waals surface area (Å²) in [6, 6.07) is 9.91. The van der Waals surface area contributed by atoms with Gasteiger partial charge in [0.1, 0.15) is 10.6 Å². The second-order valence-corrected chi connectivity index (χ2v) is 9.44. The van der Waals surface area contributed by atoms with Gasteiger partial charge in [-0.05, 0) is 48.7 Å². The lowest BCUT2D eigenvalue weighted by Gasteiger charge is -2.26. The second-order valence-electron chi connectivity index (χ2n) is 7.58. The highest BCUT2D eigenvalue weighted by atomic mass is 32.2. The van der Waals surface area contributed by atoms with Crippen LogP contribution in [0, 0.1) is 0 Å². The third-order valence-corrected chi connectivity index (χ3v) is 7.36. The van der Waals surface area contributed by atoms with Crippen molar-refractivity contribution in [1.82, 2.24) is 4.31 Å². The number of sulfonamides is 1. The van der Waals surface area contributed by atoms with Gasteiger partial charge in [0, 0.05) is 25.6 Å². The molecule has 4 rings (SSSR count). The summed E-state index contributed by atoms with van der Waals surface area (Å²) >= 11 is 0. The standard InChI is InChI=1S/C22H26N2O6S/c1-15(25)23-17-7-9-20(28-2)22(14-17)31(26,27)24-10-3-5-18(24)16-6-8-19-21(13-16)30-12-4-11-29-19/h6-9,13-14,18H,3-5,10-12H2,1-2H3,(H,23,25). The topological polar surface area (TPSA) is 94.2 Å². The van der Waals surface area contributed by atoms with Crippen molar-refractivity contribution in [3.63, 3.8) is 0 Å². The number of anilines is 1. The van der Waals surface area contributed by atoms with Crippen LogP contribution in [-0.4, -0.2) is 45.5 Å². The summed E-state index contributed by atoms with van der Waals surface area (Å²) in [7, 11) is -2.45. The van der Waals surface area contributed by atoms with Crippen LogP contribution < -0.4 is 19.5 Å². The number of amides is 1. The molecule has 1 unspecified atom stereocenters. The number of hydrogen-bond acceptors (Lipinski definition) is 6. The molecule has 0 bridgehead atoms. The van der Waals surface area contributed by atoms with Crippen LogP contribution >= 0.6 is 0 Å². The maximum Gasteiger partial charge on any atom is 0.247 e. The number of carbonyl (C=O) groups excluding carboxylic acids is 1. The van der Waals surface area contributed by atoms with E-state index in [0.717, 1.165) is 18.4 Å². The molecule has 1 atom stereocenters. The number of benzene rings is 2. The maximum atomic E-state index is 13.7. The van der Waals surface area contributed by atoms with Gasteiger partial charge in [0.05, 0.1) is 26.4 Å². The molecule has 9 heteroatoms. The van der Waals surface area contributed by atoms with Gasteiger partial charge in [-0.15, -0.1) is 0 Å². The number of hydrogen-bond donors (Lipinski definition) is 1. The molecule has 0 saturated carbocycles. The summed E-state index contributed by atoms with van der Waals surface area (Å²) in [6.07, 6.45) is 2.25. The molecule has 166 valence electrons. The average Bonchev–Trinajstić information content (AvgIpc) is 3.13. The van der Waals surface area contributed by atoms with E-state index < -0.39 is 10.0 Å². The summed E-state index contributed by atoms with van der Waals surface area (Å²) in [6.45, 7) is 2.94. The highest BCUT2D eigenvalue weighted by Gasteiger charge is 2.38. The Labute approximate surface area is 182 Å². The van der Waals surface area contributed by atoms with E-state index >= 15 is 0 Å². The Morgan fingerprint density at radius 1 is 1.10 bits per heavy atom. The highest BCUT2D eigenvalue weighted by molar-refractivity contribution is 7.89. The van der Waals surface area contributed by atoms with Crippen LogP contribution in [0.25, 0.3) is 0 Å². The molecule has 8 nitrogen and oxygen atoms in total. The number of nitrogens with one attached hydrogen (secondary N) is 1. The summed E-state index contributed by atoms with van der Waals surface area (Å²) in [5.74, 6) is 1.28. The first-order valence-corrected chi connectivity index (χ1v) is 11.7. The SMILES string of the molecule is COc1ccc(NC(C)=O)cc1S(=O)(=O)N1CCCC1c1ccc2c(c1)OCCCO2. The fourth-order valence-electron chi connectivity index (χ4n) is 4.03. The largest absolute Gasteiger partial charge is 0.495 e. The van der Waals surface area contributed by atoms with Gasteiger partial charge >= 0.3 is 0 Å². The molecular formula is C22H26N2O6S. The lowest BCUT2D eigenvalue weighted by Crippen LogP contribution is -2.31. The summed E-state index contributed by atoms with van der Waals surface area (Å²) in [5.41, 5.74) is 1.26. The Morgan fingerprint density at radius 2 is 1.87 bits per heavy atom. The van der Waals surface area contributed by atoms with Crippen molar-refractivity contribution >= 4 is 21.6 Å². The average molecular weight is 447 g/mol. The van der Waals surface area contributed by atoms with E-state index in [1.54, 1.807) is 12.1 Å². The Bertz CT molecular complexity index is 1090. The van der Waals surface area contributed by atoms with E-state index in [-0.39, 0.29) is 22.6 Å². The zero-order valence-electron chi connectivity index (χ0n) is 17.6. The summed E-state index contributed by atoms with van der Waals surface area (Å²) in [4.78, 5) is 11.5. The predicted octanol–water partition coefficient (Wildman–Crippen LogP) is 3.34. The van der Waals surface area contributed by atoms with Crippen molar-refractivity contribution < 1.29 is 27.4 Å². The smallest absolute Gasteiger partial charge is 0.247 e. The van der Waals surface area contributed by atoms with Gasteiger partial charge in [0.15, 0.2) is 11.5 Å². The van der Waals surface area contributed by atoms with Crippen LogP contribution in [0.2, 0.25) is 0 Å². The molecule has 1 saturated heterocycles. The van der Waals surface area contributed by atoms with Gasteiger partial charge in [-0.2, -0.15) is 4.31 Å². The van der Waals surface area contributed by atoms with Gasteiger partial charge < -0.3 is 19.5 Å². The third-order valence-electron chi connectivity index (χ3n) is 5.43. The molecule has 0 aliphatic carbocycles. The van der Waals surface area contributed by atoms with E-state index in [0.29, 0.717) is 43.4 Å². The van der Waals surface area contributed by atoms with Gasteiger partial charge in [-0.3, -0.25) is 4.79 Å². The van der Waals surface area contributed by atoms with Crippen LogP contribution in [0.5, 0.6) is 17.2 Å². The molecule has 2 aliphatic heterocycles. The lowest BCUT2D eigenvalue weighted by molar-refractivity contribution is -0.114. The number of carbonyl (C=O) groups is 1. The second kappa shape index (κ2) is 8.76. The zero-order chi connectivity index (χ0) is 22.0. The number of fused-ring (bicyclic) bond motifs is 1. The number of nitrogens with zero attached hydrogens (tertiary/aromatic N) is 1. The minimum Gasteiger partial charge on any atom is -0.495 e. The van der Waals surface area contributed by atoms with Crippen LogP contribution in [0.1, 0.15) is 37.8 Å². The Morgan fingerprint density at radius 3 is 2.61 bits per heavy atom. The number of methoxy groups -OCH3 is 1. The van der Waals surface area contributed by atoms with Crippen molar-refractivity contribution in [2.45, 2.75) is 37.1 Å². The first-order chi connectivity index (χ1) is 14.9. The van der Waals surface area contributed by atoms with Crippen molar-refractivity contribution in [3.8, 4) is 17.2 Å². The molecule has 2 aromatic carbocycles. The zero-order valence-corrected chi connectivity index (χ0v) is 18.4. The van der Waals surface area contributed by atoms with Crippen LogP contribution in [0.15, 0.2) is 41.3 Å². The fourth-order valence-corrected chi connectivity index (χ4v) is 5.90. The van der Waals surface area contributed by atoms with E-state index in [2.05, 4.69) is 5.32 Å². The quantitative estimate of drug-likeness (QED) is 0.757. The third kappa shape index (κ3) is 4.33. The summed E-state index contributed by atoms with van der Waals surface area (Å²) < 4.78 is 45.6. The lowest BCUT2D eigenvalue weighted by atomic mass is 10.0. The fraction of sp³-hybridized carbons (Fsp3) is 0.409.